The highest BCUT2D eigenvalue weighted by Gasteiger charge is 2.16. The van der Waals surface area contributed by atoms with Gasteiger partial charge in [-0.3, -0.25) is 4.79 Å². The maximum atomic E-state index is 12.1. The maximum absolute atomic E-state index is 12.1. The Labute approximate surface area is 116 Å². The molecular weight excluding hydrogens is 254 g/mol. The van der Waals surface area contributed by atoms with Gasteiger partial charge >= 0.3 is 0 Å². The van der Waals surface area contributed by atoms with Crippen LogP contribution in [0.4, 0.5) is 0 Å². The lowest BCUT2D eigenvalue weighted by Crippen LogP contribution is -2.31. The summed E-state index contributed by atoms with van der Waals surface area (Å²) >= 11 is 0. The van der Waals surface area contributed by atoms with Crippen LogP contribution >= 0.6 is 0 Å². The maximum Gasteiger partial charge on any atom is 0.250 e. The zero-order chi connectivity index (χ0) is 13.8. The summed E-state index contributed by atoms with van der Waals surface area (Å²) in [6.07, 6.45) is 7.19. The molecule has 102 valence electrons. The number of nitrogens with zero attached hydrogens (tertiary/aromatic N) is 2. The molecule has 0 saturated carbocycles. The molecule has 1 aliphatic rings. The van der Waals surface area contributed by atoms with Crippen LogP contribution in [0.3, 0.4) is 0 Å². The molecule has 5 nitrogen and oxygen atoms in total. The lowest BCUT2D eigenvalue weighted by Gasteiger charge is -2.17. The van der Waals surface area contributed by atoms with Crippen molar-refractivity contribution in [3.05, 3.63) is 54.1 Å². The first-order valence-corrected chi connectivity index (χ1v) is 6.49. The van der Waals surface area contributed by atoms with Crippen LogP contribution in [0.5, 0.6) is 5.75 Å². The second-order valence-corrected chi connectivity index (χ2v) is 4.55. The molecule has 5 heteroatoms. The first-order valence-electron chi connectivity index (χ1n) is 6.49. The molecule has 0 bridgehead atoms. The summed E-state index contributed by atoms with van der Waals surface area (Å²) in [5, 5.41) is 2.89. The number of benzene rings is 1. The smallest absolute Gasteiger partial charge is 0.250 e. The van der Waals surface area contributed by atoms with Gasteiger partial charge in [-0.15, -0.1) is 0 Å². The van der Waals surface area contributed by atoms with Gasteiger partial charge in [-0.25, -0.2) is 4.98 Å². The van der Waals surface area contributed by atoms with Gasteiger partial charge < -0.3 is 14.6 Å². The molecule has 0 spiro atoms. The van der Waals surface area contributed by atoms with E-state index >= 15 is 0 Å². The number of rotatable bonds is 4. The highest BCUT2D eigenvalue weighted by atomic mass is 16.5. The molecule has 1 aromatic heterocycles. The Morgan fingerprint density at radius 3 is 3.15 bits per heavy atom. The van der Waals surface area contributed by atoms with Crippen LogP contribution in [0.15, 0.2) is 48.6 Å². The van der Waals surface area contributed by atoms with E-state index in [1.54, 1.807) is 12.5 Å². The zero-order valence-electron chi connectivity index (χ0n) is 11.0. The van der Waals surface area contributed by atoms with Gasteiger partial charge in [-0.2, -0.15) is 0 Å². The molecule has 0 unspecified atom stereocenters. The van der Waals surface area contributed by atoms with E-state index in [-0.39, 0.29) is 5.91 Å². The van der Waals surface area contributed by atoms with Crippen molar-refractivity contribution in [2.24, 2.45) is 0 Å². The number of amides is 1. The molecule has 1 amide bonds. The standard InChI is InChI=1S/C15H15N3O2/c19-15(17-6-8-18-7-5-16-11-18)13-9-12-3-1-2-4-14(12)20-10-13/h1-5,7,9,11H,6,8,10H2,(H,17,19). The third-order valence-corrected chi connectivity index (χ3v) is 3.14. The molecule has 0 fully saturated rings. The van der Waals surface area contributed by atoms with Gasteiger partial charge in [0.15, 0.2) is 0 Å². The third kappa shape index (κ3) is 2.71. The van der Waals surface area contributed by atoms with Crippen molar-refractivity contribution in [1.82, 2.24) is 14.9 Å². The van der Waals surface area contributed by atoms with Crippen LogP contribution in [-0.2, 0) is 11.3 Å². The molecule has 20 heavy (non-hydrogen) atoms. The predicted molar refractivity (Wildman–Crippen MR) is 75.2 cm³/mol. The predicted octanol–water partition coefficient (Wildman–Crippen LogP) is 1.48. The van der Waals surface area contributed by atoms with Crippen LogP contribution in [0.1, 0.15) is 5.56 Å². The van der Waals surface area contributed by atoms with Crippen molar-refractivity contribution in [3.63, 3.8) is 0 Å². The number of ether oxygens (including phenoxy) is 1. The average molecular weight is 269 g/mol. The quantitative estimate of drug-likeness (QED) is 0.914. The third-order valence-electron chi connectivity index (χ3n) is 3.14. The molecule has 1 aliphatic heterocycles. The van der Waals surface area contributed by atoms with E-state index < -0.39 is 0 Å². The summed E-state index contributed by atoms with van der Waals surface area (Å²) in [5.41, 5.74) is 1.59. The Kier molecular flexibility index (Phi) is 3.50. The summed E-state index contributed by atoms with van der Waals surface area (Å²) < 4.78 is 7.48. The Morgan fingerprint density at radius 1 is 1.40 bits per heavy atom. The van der Waals surface area contributed by atoms with E-state index in [0.717, 1.165) is 11.3 Å². The number of carbonyl (C=O) groups excluding carboxylic acids is 1. The lowest BCUT2D eigenvalue weighted by molar-refractivity contribution is -0.117. The molecule has 0 atom stereocenters. The Balaban J connectivity index is 1.59. The molecule has 2 heterocycles. The molecule has 1 aromatic carbocycles. The number of fused-ring (bicyclic) bond motifs is 1. The van der Waals surface area contributed by atoms with E-state index in [1.807, 2.05) is 41.1 Å². The lowest BCUT2D eigenvalue weighted by atomic mass is 10.1. The molecular formula is C15H15N3O2. The number of imidazole rings is 1. The fourth-order valence-electron chi connectivity index (χ4n) is 2.08. The van der Waals surface area contributed by atoms with E-state index in [0.29, 0.717) is 25.3 Å². The topological polar surface area (TPSA) is 56.2 Å². The van der Waals surface area contributed by atoms with Crippen molar-refractivity contribution in [3.8, 4) is 5.75 Å². The van der Waals surface area contributed by atoms with Gasteiger partial charge in [0, 0.05) is 31.0 Å². The van der Waals surface area contributed by atoms with Crippen molar-refractivity contribution in [2.75, 3.05) is 13.2 Å². The van der Waals surface area contributed by atoms with Gasteiger partial charge in [-0.05, 0) is 12.1 Å². The Morgan fingerprint density at radius 2 is 2.30 bits per heavy atom. The number of hydrogen-bond donors (Lipinski definition) is 1. The normalized spacial score (nSPS) is 13.1. The number of aromatic nitrogens is 2. The van der Waals surface area contributed by atoms with Crippen LogP contribution in [-0.4, -0.2) is 28.6 Å². The second-order valence-electron chi connectivity index (χ2n) is 4.55. The van der Waals surface area contributed by atoms with Gasteiger partial charge in [0.25, 0.3) is 5.91 Å². The minimum absolute atomic E-state index is 0.0837. The highest BCUT2D eigenvalue weighted by Crippen LogP contribution is 2.25. The number of carbonyl (C=O) groups is 1. The van der Waals surface area contributed by atoms with Gasteiger partial charge in [-0.1, -0.05) is 18.2 Å². The summed E-state index contributed by atoms with van der Waals surface area (Å²) in [6.45, 7) is 1.58. The molecule has 0 aliphatic carbocycles. The van der Waals surface area contributed by atoms with Crippen LogP contribution in [0, 0.1) is 0 Å². The fourth-order valence-corrected chi connectivity index (χ4v) is 2.08. The number of para-hydroxylation sites is 1. The van der Waals surface area contributed by atoms with E-state index in [2.05, 4.69) is 10.3 Å². The average Bonchev–Trinajstić information content (AvgIpc) is 3.00. The van der Waals surface area contributed by atoms with Crippen molar-refractivity contribution in [2.45, 2.75) is 6.54 Å². The zero-order valence-corrected chi connectivity index (χ0v) is 11.0. The van der Waals surface area contributed by atoms with Crippen LogP contribution < -0.4 is 10.1 Å². The molecule has 2 aromatic rings. The summed E-state index contributed by atoms with van der Waals surface area (Å²) in [6, 6.07) is 7.69. The molecule has 3 rings (SSSR count). The summed E-state index contributed by atoms with van der Waals surface area (Å²) in [7, 11) is 0. The highest BCUT2D eigenvalue weighted by molar-refractivity contribution is 5.99. The van der Waals surface area contributed by atoms with Crippen LogP contribution in [0.2, 0.25) is 0 Å². The minimum atomic E-state index is -0.0837. The summed E-state index contributed by atoms with van der Waals surface area (Å²) in [4.78, 5) is 16.0. The SMILES string of the molecule is O=C(NCCn1ccnc1)C1=Cc2ccccc2OC1. The minimum Gasteiger partial charge on any atom is -0.488 e. The molecule has 0 radical (unpaired) electrons. The second kappa shape index (κ2) is 5.61. The Hall–Kier alpha value is -2.56. The first-order chi connectivity index (χ1) is 9.83. The van der Waals surface area contributed by atoms with E-state index in [4.69, 9.17) is 4.74 Å². The number of nitrogens with one attached hydrogen (secondary N) is 1. The fraction of sp³-hybridized carbons (Fsp3) is 0.200. The largest absolute Gasteiger partial charge is 0.488 e. The monoisotopic (exact) mass is 269 g/mol. The van der Waals surface area contributed by atoms with Gasteiger partial charge in [0.05, 0.1) is 11.9 Å². The number of hydrogen-bond acceptors (Lipinski definition) is 3. The van der Waals surface area contributed by atoms with Crippen molar-refractivity contribution < 1.29 is 9.53 Å². The van der Waals surface area contributed by atoms with Gasteiger partial charge in [0.2, 0.25) is 0 Å². The van der Waals surface area contributed by atoms with Crippen molar-refractivity contribution >= 4 is 12.0 Å². The molecule has 0 saturated heterocycles. The van der Waals surface area contributed by atoms with E-state index in [1.165, 1.54) is 0 Å². The first kappa shape index (κ1) is 12.5. The summed E-state index contributed by atoms with van der Waals surface area (Å²) in [5.74, 6) is 0.738. The van der Waals surface area contributed by atoms with E-state index in [9.17, 15) is 4.79 Å². The molecule has 1 N–H and O–H groups in total. The van der Waals surface area contributed by atoms with Gasteiger partial charge in [0.1, 0.15) is 12.4 Å². The van der Waals surface area contributed by atoms with Crippen LogP contribution in [0.25, 0.3) is 6.08 Å². The van der Waals surface area contributed by atoms with Crippen molar-refractivity contribution in [1.29, 1.82) is 0 Å². The Bertz CT molecular complexity index is 632.